The third kappa shape index (κ3) is 1.72. The van der Waals surface area contributed by atoms with Crippen molar-refractivity contribution in [3.05, 3.63) is 33.6 Å². The Morgan fingerprint density at radius 3 is 3.12 bits per heavy atom. The lowest BCUT2D eigenvalue weighted by molar-refractivity contribution is 0.386. The second kappa shape index (κ2) is 3.81. The predicted octanol–water partition coefficient (Wildman–Crippen LogP) is 0.615. The number of fused-ring (bicyclic) bond motifs is 3. The van der Waals surface area contributed by atoms with Gasteiger partial charge in [-0.25, -0.2) is 4.98 Å². The van der Waals surface area contributed by atoms with Crippen molar-refractivity contribution < 1.29 is 0 Å². The van der Waals surface area contributed by atoms with Gasteiger partial charge in [-0.1, -0.05) is 0 Å². The molecule has 2 aliphatic rings. The summed E-state index contributed by atoms with van der Waals surface area (Å²) in [7, 11) is 2.14. The van der Waals surface area contributed by atoms with Crippen LogP contribution in [-0.4, -0.2) is 30.0 Å². The normalized spacial score (nSPS) is 27.6. The molecule has 90 valence electrons. The lowest BCUT2D eigenvalue weighted by atomic mass is 9.78. The number of nitrogen functional groups attached to an aromatic ring is 1. The smallest absolute Gasteiger partial charge is 0.185 e. The topological polar surface area (TPSA) is 59.2 Å². The Hall–Kier alpha value is -1.42. The molecule has 0 bridgehead atoms. The van der Waals surface area contributed by atoms with Gasteiger partial charge >= 0.3 is 0 Å². The third-order valence-corrected chi connectivity index (χ3v) is 4.07. The number of nitrogens with zero attached hydrogens (tertiary/aromatic N) is 2. The largest absolute Gasteiger partial charge is 0.384 e. The predicted molar refractivity (Wildman–Crippen MR) is 67.0 cm³/mol. The van der Waals surface area contributed by atoms with Gasteiger partial charge in [0.05, 0.1) is 0 Å². The van der Waals surface area contributed by atoms with Gasteiger partial charge in [-0.3, -0.25) is 4.79 Å². The van der Waals surface area contributed by atoms with Crippen molar-refractivity contribution in [1.82, 2.24) is 9.88 Å². The zero-order chi connectivity index (χ0) is 12.0. The quantitative estimate of drug-likeness (QED) is 0.711. The lowest BCUT2D eigenvalue weighted by Crippen LogP contribution is -2.22. The molecule has 1 fully saturated rings. The molecule has 0 amide bonds. The molecule has 2 atom stereocenters. The minimum absolute atomic E-state index is 0.0583. The van der Waals surface area contributed by atoms with Crippen molar-refractivity contribution in [2.45, 2.75) is 18.8 Å². The summed E-state index contributed by atoms with van der Waals surface area (Å²) < 4.78 is 0. The summed E-state index contributed by atoms with van der Waals surface area (Å²) in [6, 6.07) is 1.46. The van der Waals surface area contributed by atoms with E-state index in [1.807, 2.05) is 6.20 Å². The molecule has 0 spiro atoms. The van der Waals surface area contributed by atoms with Crippen LogP contribution in [0.15, 0.2) is 17.1 Å². The minimum Gasteiger partial charge on any atom is -0.384 e. The summed E-state index contributed by atoms with van der Waals surface area (Å²) in [5.41, 5.74) is 7.78. The zero-order valence-electron chi connectivity index (χ0n) is 10.0. The van der Waals surface area contributed by atoms with Crippen molar-refractivity contribution in [3.63, 3.8) is 0 Å². The van der Waals surface area contributed by atoms with Gasteiger partial charge in [0.15, 0.2) is 5.43 Å². The number of rotatable bonds is 0. The maximum atomic E-state index is 12.0. The van der Waals surface area contributed by atoms with Crippen LogP contribution in [0.2, 0.25) is 0 Å². The SMILES string of the molecule is CN1C[C@H]2CCc3c(cnc(N)cc3=O)[C@@H]2C1. The van der Waals surface area contributed by atoms with Crippen LogP contribution in [0.4, 0.5) is 5.82 Å². The van der Waals surface area contributed by atoms with Crippen molar-refractivity contribution >= 4 is 5.82 Å². The van der Waals surface area contributed by atoms with Crippen molar-refractivity contribution in [3.8, 4) is 0 Å². The number of hydrogen-bond acceptors (Lipinski definition) is 4. The van der Waals surface area contributed by atoms with E-state index in [1.54, 1.807) is 0 Å². The Morgan fingerprint density at radius 2 is 2.29 bits per heavy atom. The first-order valence-corrected chi connectivity index (χ1v) is 6.12. The van der Waals surface area contributed by atoms with Crippen LogP contribution >= 0.6 is 0 Å². The molecule has 3 rings (SSSR count). The highest BCUT2D eigenvalue weighted by Gasteiger charge is 2.36. The van der Waals surface area contributed by atoms with E-state index in [4.69, 9.17) is 5.73 Å². The molecule has 17 heavy (non-hydrogen) atoms. The number of nitrogens with two attached hydrogens (primary N) is 1. The van der Waals surface area contributed by atoms with E-state index >= 15 is 0 Å². The monoisotopic (exact) mass is 231 g/mol. The number of likely N-dealkylation sites (N-methyl/N-ethyl adjacent to an activating group) is 1. The van der Waals surface area contributed by atoms with Crippen molar-refractivity contribution in [1.29, 1.82) is 0 Å². The van der Waals surface area contributed by atoms with Crippen LogP contribution in [0.25, 0.3) is 0 Å². The van der Waals surface area contributed by atoms with Crippen molar-refractivity contribution in [2.24, 2.45) is 5.92 Å². The second-order valence-electron chi connectivity index (χ2n) is 5.25. The molecule has 4 heteroatoms. The molecule has 1 aromatic heterocycles. The fourth-order valence-corrected chi connectivity index (χ4v) is 3.27. The van der Waals surface area contributed by atoms with Gasteiger partial charge in [-0.05, 0) is 31.4 Å². The fourth-order valence-electron chi connectivity index (χ4n) is 3.27. The van der Waals surface area contributed by atoms with Crippen molar-refractivity contribution in [2.75, 3.05) is 25.9 Å². The maximum absolute atomic E-state index is 12.0. The zero-order valence-corrected chi connectivity index (χ0v) is 10.0. The van der Waals surface area contributed by atoms with E-state index in [-0.39, 0.29) is 5.43 Å². The van der Waals surface area contributed by atoms with E-state index in [2.05, 4.69) is 16.9 Å². The van der Waals surface area contributed by atoms with Gasteiger partial charge in [-0.15, -0.1) is 0 Å². The molecule has 0 unspecified atom stereocenters. The van der Waals surface area contributed by atoms with Crippen LogP contribution < -0.4 is 11.2 Å². The van der Waals surface area contributed by atoms with Crippen LogP contribution in [-0.2, 0) is 6.42 Å². The van der Waals surface area contributed by atoms with E-state index in [0.29, 0.717) is 17.7 Å². The van der Waals surface area contributed by atoms with Gasteiger partial charge in [0.2, 0.25) is 0 Å². The van der Waals surface area contributed by atoms with Gasteiger partial charge in [-0.2, -0.15) is 0 Å². The molecular formula is C13H17N3O. The van der Waals surface area contributed by atoms with E-state index in [0.717, 1.165) is 37.1 Å². The molecule has 0 saturated carbocycles. The first kappa shape index (κ1) is 10.7. The lowest BCUT2D eigenvalue weighted by Gasteiger charge is -2.25. The van der Waals surface area contributed by atoms with Gasteiger partial charge in [0.25, 0.3) is 0 Å². The molecule has 2 heterocycles. The number of hydrogen-bond donors (Lipinski definition) is 1. The second-order valence-corrected chi connectivity index (χ2v) is 5.25. The number of likely N-dealkylation sites (tertiary alicyclic amines) is 1. The van der Waals surface area contributed by atoms with Crippen LogP contribution in [0.3, 0.4) is 0 Å². The molecule has 1 aliphatic heterocycles. The van der Waals surface area contributed by atoms with E-state index in [1.165, 1.54) is 6.07 Å². The molecule has 1 aromatic rings. The average Bonchev–Trinajstić information content (AvgIpc) is 2.58. The highest BCUT2D eigenvalue weighted by atomic mass is 16.1. The third-order valence-electron chi connectivity index (χ3n) is 4.07. The summed E-state index contributed by atoms with van der Waals surface area (Å²) in [6.45, 7) is 2.16. The Bertz CT molecular complexity index is 515. The number of aromatic nitrogens is 1. The fraction of sp³-hybridized carbons (Fsp3) is 0.538. The summed E-state index contributed by atoms with van der Waals surface area (Å²) in [5, 5.41) is 0. The Morgan fingerprint density at radius 1 is 1.47 bits per heavy atom. The minimum atomic E-state index is 0.0583. The number of anilines is 1. The summed E-state index contributed by atoms with van der Waals surface area (Å²) in [4.78, 5) is 18.5. The van der Waals surface area contributed by atoms with Crippen LogP contribution in [0.5, 0.6) is 0 Å². The molecular weight excluding hydrogens is 214 g/mol. The van der Waals surface area contributed by atoms with E-state index in [9.17, 15) is 4.79 Å². The summed E-state index contributed by atoms with van der Waals surface area (Å²) in [6.07, 6.45) is 3.81. The van der Waals surface area contributed by atoms with Gasteiger partial charge in [0, 0.05) is 36.8 Å². The summed E-state index contributed by atoms with van der Waals surface area (Å²) in [5.74, 6) is 1.47. The van der Waals surface area contributed by atoms with Gasteiger partial charge in [0.1, 0.15) is 5.82 Å². The van der Waals surface area contributed by atoms with Crippen LogP contribution in [0, 0.1) is 5.92 Å². The highest BCUT2D eigenvalue weighted by Crippen LogP contribution is 2.39. The van der Waals surface area contributed by atoms with Crippen LogP contribution in [0.1, 0.15) is 23.5 Å². The first-order valence-electron chi connectivity index (χ1n) is 6.12. The summed E-state index contributed by atoms with van der Waals surface area (Å²) >= 11 is 0. The standard InChI is InChI=1S/C13H17N3O/c1-16-6-8-2-3-9-10(11(8)7-16)5-15-13(14)4-12(9)17/h4-5,8,11H,2-3,6-7,14H2,1H3/t8-,11-/m1/s1. The molecule has 2 N–H and O–H groups in total. The molecule has 4 nitrogen and oxygen atoms in total. The molecule has 1 aliphatic carbocycles. The Balaban J connectivity index is 2.15. The molecule has 0 radical (unpaired) electrons. The molecule has 0 aromatic carbocycles. The highest BCUT2D eigenvalue weighted by molar-refractivity contribution is 5.37. The Kier molecular flexibility index (Phi) is 2.40. The molecule has 1 saturated heterocycles. The average molecular weight is 231 g/mol. The Labute approximate surface area is 100 Å². The van der Waals surface area contributed by atoms with Gasteiger partial charge < -0.3 is 10.6 Å². The van der Waals surface area contributed by atoms with E-state index < -0.39 is 0 Å². The maximum Gasteiger partial charge on any atom is 0.185 e. The first-order chi connectivity index (χ1) is 8.15.